The first-order valence-electron chi connectivity index (χ1n) is 5.36. The van der Waals surface area contributed by atoms with E-state index < -0.39 is 16.3 Å². The molecule has 2 aromatic rings. The zero-order valence-electron chi connectivity index (χ0n) is 10.8. The lowest BCUT2D eigenvalue weighted by Gasteiger charge is -2.06. The Bertz CT molecular complexity index is 738. The molecular weight excluding hydrogens is 274 g/mol. The zero-order valence-corrected chi connectivity index (χ0v) is 10.8. The molecule has 0 saturated carbocycles. The molecule has 0 aliphatic heterocycles. The molecule has 0 saturated heterocycles. The second-order valence-corrected chi connectivity index (χ2v) is 3.79. The van der Waals surface area contributed by atoms with E-state index in [0.717, 1.165) is 4.57 Å². The van der Waals surface area contributed by atoms with Crippen LogP contribution in [0.3, 0.4) is 0 Å². The quantitative estimate of drug-likeness (QED) is 0.483. The predicted octanol–water partition coefficient (Wildman–Crippen LogP) is -1.92. The van der Waals surface area contributed by atoms with E-state index in [0.29, 0.717) is 11.2 Å². The number of hydrogen-bond acceptors (Lipinski definition) is 6. The van der Waals surface area contributed by atoms with E-state index in [1.54, 1.807) is 18.7 Å². The number of nitrogens with zero attached hydrogens (tertiary/aromatic N) is 5. The van der Waals surface area contributed by atoms with Gasteiger partial charge in [0.05, 0.1) is 19.5 Å². The summed E-state index contributed by atoms with van der Waals surface area (Å²) in [5, 5.41) is 22.5. The molecule has 11 heteroatoms. The molecule has 0 aliphatic rings. The maximum absolute atomic E-state index is 12.0. The van der Waals surface area contributed by atoms with Gasteiger partial charge in [0.2, 0.25) is 0 Å². The van der Waals surface area contributed by atoms with E-state index in [-0.39, 0.29) is 13.2 Å². The number of aliphatic hydroxyl groups excluding tert-OH is 1. The Hall–Kier alpha value is -2.69. The fourth-order valence-electron chi connectivity index (χ4n) is 1.69. The standard InChI is InChI=1S/C9H12N4O3.HNO3/c1-11-5-10-7-6(11)8(15)13(3-4-14)9(16)12(7)2;2-1(3)4/h5,14H,3-4H2,1-2H3;(H,2,3,4). The Labute approximate surface area is 111 Å². The number of aromatic nitrogens is 4. The van der Waals surface area contributed by atoms with E-state index in [9.17, 15) is 9.59 Å². The topological polar surface area (TPSA) is 145 Å². The molecule has 0 atom stereocenters. The lowest BCUT2D eigenvalue weighted by molar-refractivity contribution is -0.742. The van der Waals surface area contributed by atoms with E-state index in [4.69, 9.17) is 20.4 Å². The van der Waals surface area contributed by atoms with Gasteiger partial charge >= 0.3 is 5.69 Å². The number of fused-ring (bicyclic) bond motifs is 1. The SMILES string of the molecule is Cn1cnc2c1c(=O)n(CCO)c(=O)n2C.O=[N+]([O-])O. The van der Waals surface area contributed by atoms with Crippen LogP contribution in [-0.4, -0.2) is 40.7 Å². The van der Waals surface area contributed by atoms with Gasteiger partial charge in [-0.15, -0.1) is 10.1 Å². The summed E-state index contributed by atoms with van der Waals surface area (Å²) in [5.41, 5.74) is -0.181. The Morgan fingerprint density at radius 1 is 1.40 bits per heavy atom. The van der Waals surface area contributed by atoms with E-state index in [1.165, 1.54) is 10.9 Å². The van der Waals surface area contributed by atoms with Gasteiger partial charge in [-0.2, -0.15) is 0 Å². The Balaban J connectivity index is 0.000000444. The highest BCUT2D eigenvalue weighted by Gasteiger charge is 2.13. The van der Waals surface area contributed by atoms with Crippen LogP contribution in [0.1, 0.15) is 0 Å². The monoisotopic (exact) mass is 287 g/mol. The van der Waals surface area contributed by atoms with Gasteiger partial charge in [-0.05, 0) is 0 Å². The average molecular weight is 287 g/mol. The van der Waals surface area contributed by atoms with Crippen molar-refractivity contribution in [2.24, 2.45) is 14.1 Å². The van der Waals surface area contributed by atoms with Gasteiger partial charge in [0, 0.05) is 14.1 Å². The fourth-order valence-corrected chi connectivity index (χ4v) is 1.69. The number of imidazole rings is 1. The van der Waals surface area contributed by atoms with Crippen LogP contribution in [0.5, 0.6) is 0 Å². The van der Waals surface area contributed by atoms with Crippen LogP contribution in [-0.2, 0) is 20.6 Å². The second kappa shape index (κ2) is 5.97. The molecule has 2 N–H and O–H groups in total. The minimum absolute atomic E-state index is 0.00731. The summed E-state index contributed by atoms with van der Waals surface area (Å²) in [4.78, 5) is 36.1. The summed E-state index contributed by atoms with van der Waals surface area (Å²) in [6, 6.07) is 0. The van der Waals surface area contributed by atoms with E-state index in [2.05, 4.69) is 4.98 Å². The highest BCUT2D eigenvalue weighted by atomic mass is 16.9. The van der Waals surface area contributed by atoms with Crippen LogP contribution in [0.15, 0.2) is 15.9 Å². The third kappa shape index (κ3) is 2.83. The third-order valence-electron chi connectivity index (χ3n) is 2.52. The first-order chi connectivity index (χ1) is 9.31. The molecule has 20 heavy (non-hydrogen) atoms. The van der Waals surface area contributed by atoms with Crippen molar-refractivity contribution in [1.29, 1.82) is 0 Å². The van der Waals surface area contributed by atoms with Crippen LogP contribution in [0, 0.1) is 10.1 Å². The van der Waals surface area contributed by atoms with Crippen molar-refractivity contribution in [2.75, 3.05) is 6.61 Å². The average Bonchev–Trinajstić information content (AvgIpc) is 2.73. The highest BCUT2D eigenvalue weighted by molar-refractivity contribution is 5.69. The summed E-state index contributed by atoms with van der Waals surface area (Å²) in [6.45, 7) is -0.259. The molecule has 2 aromatic heterocycles. The highest BCUT2D eigenvalue weighted by Crippen LogP contribution is 2.02. The van der Waals surface area contributed by atoms with Crippen molar-refractivity contribution in [3.8, 4) is 0 Å². The number of hydrogen-bond donors (Lipinski definition) is 2. The first-order valence-corrected chi connectivity index (χ1v) is 5.36. The van der Waals surface area contributed by atoms with Gasteiger partial charge in [-0.3, -0.25) is 13.9 Å². The molecule has 0 unspecified atom stereocenters. The lowest BCUT2D eigenvalue weighted by atomic mass is 10.5. The van der Waals surface area contributed by atoms with Crippen molar-refractivity contribution in [1.82, 2.24) is 18.7 Å². The van der Waals surface area contributed by atoms with Crippen molar-refractivity contribution in [2.45, 2.75) is 6.54 Å². The van der Waals surface area contributed by atoms with Crippen LogP contribution in [0.2, 0.25) is 0 Å². The minimum Gasteiger partial charge on any atom is -0.395 e. The minimum atomic E-state index is -1.50. The normalized spacial score (nSPS) is 10.2. The molecule has 0 radical (unpaired) electrons. The number of aryl methyl sites for hydroxylation is 2. The third-order valence-corrected chi connectivity index (χ3v) is 2.52. The molecule has 2 heterocycles. The maximum atomic E-state index is 12.0. The van der Waals surface area contributed by atoms with Crippen molar-refractivity contribution in [3.05, 3.63) is 37.3 Å². The Morgan fingerprint density at radius 2 is 1.95 bits per heavy atom. The van der Waals surface area contributed by atoms with Crippen LogP contribution >= 0.6 is 0 Å². The van der Waals surface area contributed by atoms with E-state index >= 15 is 0 Å². The fraction of sp³-hybridized carbons (Fsp3) is 0.444. The predicted molar refractivity (Wildman–Crippen MR) is 66.1 cm³/mol. The summed E-state index contributed by atoms with van der Waals surface area (Å²) >= 11 is 0. The van der Waals surface area contributed by atoms with Gasteiger partial charge in [0.15, 0.2) is 11.2 Å². The molecule has 0 aromatic carbocycles. The van der Waals surface area contributed by atoms with Crippen molar-refractivity contribution in [3.63, 3.8) is 0 Å². The molecule has 0 spiro atoms. The van der Waals surface area contributed by atoms with Gasteiger partial charge in [0.1, 0.15) is 0 Å². The molecular formula is C9H13N5O6. The molecule has 0 aliphatic carbocycles. The molecule has 110 valence electrons. The van der Waals surface area contributed by atoms with Crippen LogP contribution in [0.4, 0.5) is 0 Å². The molecule has 11 nitrogen and oxygen atoms in total. The van der Waals surface area contributed by atoms with E-state index in [1.807, 2.05) is 0 Å². The molecule has 0 fully saturated rings. The van der Waals surface area contributed by atoms with Crippen molar-refractivity contribution >= 4 is 11.2 Å². The summed E-state index contributed by atoms with van der Waals surface area (Å²) in [7, 11) is 3.23. The Morgan fingerprint density at radius 3 is 2.45 bits per heavy atom. The summed E-state index contributed by atoms with van der Waals surface area (Å²) in [5.74, 6) is 0. The van der Waals surface area contributed by atoms with Crippen LogP contribution in [0.25, 0.3) is 11.2 Å². The smallest absolute Gasteiger partial charge is 0.332 e. The van der Waals surface area contributed by atoms with Gasteiger partial charge in [0.25, 0.3) is 10.6 Å². The number of aliphatic hydroxyl groups is 1. The van der Waals surface area contributed by atoms with Gasteiger partial charge in [-0.1, -0.05) is 0 Å². The largest absolute Gasteiger partial charge is 0.395 e. The molecule has 0 amide bonds. The summed E-state index contributed by atoms with van der Waals surface area (Å²) < 4.78 is 3.86. The van der Waals surface area contributed by atoms with Crippen molar-refractivity contribution < 1.29 is 15.4 Å². The van der Waals surface area contributed by atoms with Gasteiger partial charge < -0.3 is 14.9 Å². The summed E-state index contributed by atoms with van der Waals surface area (Å²) in [6.07, 6.45) is 1.48. The Kier molecular flexibility index (Phi) is 4.59. The molecule has 0 bridgehead atoms. The maximum Gasteiger partial charge on any atom is 0.332 e. The molecule has 2 rings (SSSR count). The first kappa shape index (κ1) is 15.4. The lowest BCUT2D eigenvalue weighted by Crippen LogP contribution is -2.40. The number of rotatable bonds is 2. The van der Waals surface area contributed by atoms with Crippen LogP contribution < -0.4 is 11.2 Å². The van der Waals surface area contributed by atoms with Gasteiger partial charge in [-0.25, -0.2) is 9.78 Å². The zero-order chi connectivity index (χ0) is 15.4. The second-order valence-electron chi connectivity index (χ2n) is 3.79.